The van der Waals surface area contributed by atoms with Gasteiger partial charge in [0.25, 0.3) is 0 Å². The van der Waals surface area contributed by atoms with E-state index in [4.69, 9.17) is 19.9 Å². The van der Waals surface area contributed by atoms with E-state index in [1.807, 2.05) is 39.8 Å². The van der Waals surface area contributed by atoms with Crippen LogP contribution in [0.5, 0.6) is 5.75 Å². The van der Waals surface area contributed by atoms with Crippen LogP contribution in [0.4, 0.5) is 10.5 Å². The molecule has 2 saturated carbocycles. The molecule has 2 amide bonds. The van der Waals surface area contributed by atoms with Crippen molar-refractivity contribution in [2.24, 2.45) is 28.5 Å². The van der Waals surface area contributed by atoms with Crippen LogP contribution >= 0.6 is 0 Å². The molecular formula is C31H50N4O5Si. The number of alkyl carbamates (subject to hydrolysis) is 1. The molecule has 0 bridgehead atoms. The lowest BCUT2D eigenvalue weighted by molar-refractivity contribution is -0.120. The van der Waals surface area contributed by atoms with Gasteiger partial charge in [-0.2, -0.15) is 0 Å². The van der Waals surface area contributed by atoms with Gasteiger partial charge in [-0.1, -0.05) is 19.6 Å². The third-order valence-electron chi connectivity index (χ3n) is 7.32. The predicted octanol–water partition coefficient (Wildman–Crippen LogP) is 5.93. The molecule has 41 heavy (non-hydrogen) atoms. The number of carbonyl (C=O) groups excluding carboxylic acids is 2. The number of nitrogens with two attached hydrogens (primary N) is 1. The average molecular weight is 587 g/mol. The van der Waals surface area contributed by atoms with Crippen LogP contribution in [-0.4, -0.2) is 57.9 Å². The molecule has 0 unspecified atom stereocenters. The van der Waals surface area contributed by atoms with E-state index in [0.717, 1.165) is 42.9 Å². The fourth-order valence-electron chi connectivity index (χ4n) is 4.93. The third-order valence-corrected chi connectivity index (χ3v) is 9.02. The van der Waals surface area contributed by atoms with Crippen LogP contribution < -0.4 is 21.1 Å². The molecule has 1 aromatic carbocycles. The Hall–Kier alpha value is -2.85. The van der Waals surface area contributed by atoms with Gasteiger partial charge in [-0.25, -0.2) is 4.79 Å². The second kappa shape index (κ2) is 13.9. The summed E-state index contributed by atoms with van der Waals surface area (Å²) in [6, 6.07) is 5.80. The van der Waals surface area contributed by atoms with E-state index < -0.39 is 25.8 Å². The van der Waals surface area contributed by atoms with Crippen molar-refractivity contribution in [1.82, 2.24) is 5.32 Å². The van der Waals surface area contributed by atoms with Crippen molar-refractivity contribution in [2.45, 2.75) is 90.7 Å². The van der Waals surface area contributed by atoms with Crippen LogP contribution in [0.15, 0.2) is 35.0 Å². The van der Waals surface area contributed by atoms with Gasteiger partial charge in [0.05, 0.1) is 5.71 Å². The highest BCUT2D eigenvalue weighted by Crippen LogP contribution is 2.51. The van der Waals surface area contributed by atoms with Crippen molar-refractivity contribution in [3.63, 3.8) is 0 Å². The summed E-state index contributed by atoms with van der Waals surface area (Å²) < 4.78 is 17.4. The number of nitrogens with one attached hydrogen (secondary N) is 2. The summed E-state index contributed by atoms with van der Waals surface area (Å²) >= 11 is 0. The van der Waals surface area contributed by atoms with Crippen LogP contribution in [0.25, 0.3) is 0 Å². The lowest BCUT2D eigenvalue weighted by Gasteiger charge is -2.29. The minimum atomic E-state index is -1.23. The van der Waals surface area contributed by atoms with E-state index in [-0.39, 0.29) is 18.6 Å². The van der Waals surface area contributed by atoms with E-state index >= 15 is 0 Å². The Morgan fingerprint density at radius 1 is 1.15 bits per heavy atom. The maximum absolute atomic E-state index is 13.8. The van der Waals surface area contributed by atoms with Crippen LogP contribution in [0.1, 0.15) is 58.9 Å². The van der Waals surface area contributed by atoms with E-state index in [1.165, 1.54) is 6.20 Å². The summed E-state index contributed by atoms with van der Waals surface area (Å²) in [4.78, 5) is 31.0. The molecule has 1 aromatic rings. The Morgan fingerprint density at radius 2 is 1.78 bits per heavy atom. The Morgan fingerprint density at radius 3 is 2.29 bits per heavy atom. The van der Waals surface area contributed by atoms with Gasteiger partial charge >= 0.3 is 6.09 Å². The lowest BCUT2D eigenvalue weighted by Crippen LogP contribution is -2.51. The molecule has 10 heteroatoms. The SMILES string of the molecule is CN=C(C(C)=CN)c1ccc(NC(=O)[C@@H](NC(=O)OC(C)(C)C)C(C2CC2)C2CC2)cc1OCOCC[Si](C)(C)C. The Bertz CT molecular complexity index is 1120. The maximum atomic E-state index is 13.8. The molecule has 0 saturated heterocycles. The largest absolute Gasteiger partial charge is 0.467 e. The van der Waals surface area contributed by atoms with Gasteiger partial charge < -0.3 is 30.6 Å². The summed E-state index contributed by atoms with van der Waals surface area (Å²) in [5, 5.41) is 5.95. The van der Waals surface area contributed by atoms with Crippen molar-refractivity contribution in [2.75, 3.05) is 25.8 Å². The molecule has 0 spiro atoms. The summed E-state index contributed by atoms with van der Waals surface area (Å²) in [7, 11) is 0.475. The van der Waals surface area contributed by atoms with Crippen molar-refractivity contribution < 1.29 is 23.8 Å². The number of ether oxygens (including phenoxy) is 3. The number of amides is 2. The molecule has 3 rings (SSSR count). The number of allylic oxidation sites excluding steroid dienone is 1. The second-order valence-corrected chi connectivity index (χ2v) is 19.1. The molecule has 1 atom stereocenters. The zero-order valence-electron chi connectivity index (χ0n) is 26.1. The van der Waals surface area contributed by atoms with E-state index in [0.29, 0.717) is 35.6 Å². The highest BCUT2D eigenvalue weighted by Gasteiger charge is 2.48. The first-order valence-electron chi connectivity index (χ1n) is 14.7. The van der Waals surface area contributed by atoms with E-state index in [9.17, 15) is 9.59 Å². The third kappa shape index (κ3) is 10.5. The number of aliphatic imine (C=N–C) groups is 1. The summed E-state index contributed by atoms with van der Waals surface area (Å²) in [5.41, 5.74) is 7.94. The topological polar surface area (TPSA) is 124 Å². The predicted molar refractivity (Wildman–Crippen MR) is 167 cm³/mol. The highest BCUT2D eigenvalue weighted by atomic mass is 28.3. The summed E-state index contributed by atoms with van der Waals surface area (Å²) in [6.07, 6.45) is 5.26. The molecule has 4 N–H and O–H groups in total. The van der Waals surface area contributed by atoms with Gasteiger partial charge in [0.1, 0.15) is 17.4 Å². The Balaban J connectivity index is 1.83. The standard InChI is InChI=1S/C31H50N4O5Si/c1-20(18-32)27(33-5)24-14-13-23(17-25(24)39-19-38-15-16-41(6,7)8)34-29(36)28(35-30(37)40-31(2,3)4)26(21-9-10-21)22-11-12-22/h13-14,17-18,21-22,26,28H,9-12,15-16,19,32H2,1-8H3,(H,34,36)(H,35,37)/t28-/m0/s1. The van der Waals surface area contributed by atoms with E-state index in [1.54, 1.807) is 13.1 Å². The number of anilines is 1. The van der Waals surface area contributed by atoms with Crippen molar-refractivity contribution in [3.05, 3.63) is 35.5 Å². The zero-order chi connectivity index (χ0) is 30.4. The molecule has 0 aliphatic heterocycles. The minimum absolute atomic E-state index is 0.0749. The van der Waals surface area contributed by atoms with Crippen LogP contribution in [-0.2, 0) is 14.3 Å². The average Bonchev–Trinajstić information content (AvgIpc) is 3.78. The quantitative estimate of drug-likeness (QED) is 0.107. The first-order valence-corrected chi connectivity index (χ1v) is 18.4. The Labute approximate surface area is 246 Å². The Kier molecular flexibility index (Phi) is 11.1. The molecule has 0 aromatic heterocycles. The first-order chi connectivity index (χ1) is 19.2. The van der Waals surface area contributed by atoms with Crippen molar-refractivity contribution in [1.29, 1.82) is 0 Å². The molecule has 0 radical (unpaired) electrons. The molecule has 228 valence electrons. The molecule has 2 fully saturated rings. The normalized spacial score (nSPS) is 17.3. The lowest BCUT2D eigenvalue weighted by atomic mass is 9.88. The van der Waals surface area contributed by atoms with Gasteiger partial charge in [-0.15, -0.1) is 0 Å². The van der Waals surface area contributed by atoms with Crippen molar-refractivity contribution in [3.8, 4) is 5.75 Å². The number of hydrogen-bond donors (Lipinski definition) is 3. The fraction of sp³-hybridized carbons (Fsp3) is 0.645. The minimum Gasteiger partial charge on any atom is -0.467 e. The molecule has 9 nitrogen and oxygen atoms in total. The summed E-state index contributed by atoms with van der Waals surface area (Å²) in [6.45, 7) is 14.9. The first kappa shape index (κ1) is 32.7. The van der Waals surface area contributed by atoms with Gasteiger partial charge in [-0.05, 0) is 101 Å². The van der Waals surface area contributed by atoms with Crippen molar-refractivity contribution >= 4 is 31.5 Å². The van der Waals surface area contributed by atoms with Gasteiger partial charge in [-0.3, -0.25) is 9.79 Å². The van der Waals surface area contributed by atoms with Gasteiger partial charge in [0.15, 0.2) is 6.79 Å². The zero-order valence-corrected chi connectivity index (χ0v) is 27.1. The molecule has 2 aliphatic carbocycles. The monoisotopic (exact) mass is 586 g/mol. The number of benzene rings is 1. The number of carbonyl (C=O) groups is 2. The highest BCUT2D eigenvalue weighted by molar-refractivity contribution is 6.76. The van der Waals surface area contributed by atoms with Crippen LogP contribution in [0.2, 0.25) is 25.7 Å². The molecular weight excluding hydrogens is 536 g/mol. The number of hydrogen-bond acceptors (Lipinski definition) is 7. The van der Waals surface area contributed by atoms with Crippen LogP contribution in [0, 0.1) is 17.8 Å². The van der Waals surface area contributed by atoms with E-state index in [2.05, 4.69) is 35.3 Å². The summed E-state index contributed by atoms with van der Waals surface area (Å²) in [5.74, 6) is 1.24. The van der Waals surface area contributed by atoms with Gasteiger partial charge in [0, 0.05) is 39.0 Å². The molecule has 2 aliphatic rings. The van der Waals surface area contributed by atoms with Gasteiger partial charge in [0.2, 0.25) is 5.91 Å². The van der Waals surface area contributed by atoms with Crippen LogP contribution in [0.3, 0.4) is 0 Å². The number of nitrogens with zero attached hydrogens (tertiary/aromatic N) is 1. The smallest absolute Gasteiger partial charge is 0.408 e. The second-order valence-electron chi connectivity index (χ2n) is 13.5. The number of rotatable bonds is 14. The fourth-order valence-corrected chi connectivity index (χ4v) is 5.69. The molecule has 0 heterocycles. The maximum Gasteiger partial charge on any atom is 0.408 e.